The highest BCUT2D eigenvalue weighted by Crippen LogP contribution is 2.38. The summed E-state index contributed by atoms with van der Waals surface area (Å²) in [5.41, 5.74) is -3.53. The summed E-state index contributed by atoms with van der Waals surface area (Å²) < 4.78 is 105. The molecular weight excluding hydrogens is 438 g/mol. The lowest BCUT2D eigenvalue weighted by atomic mass is 9.93. The quantitative estimate of drug-likeness (QED) is 0.401. The number of nitrogens with zero attached hydrogens (tertiary/aromatic N) is 4. The zero-order chi connectivity index (χ0) is 23.4. The number of halogens is 8. The third kappa shape index (κ3) is 4.90. The van der Waals surface area contributed by atoms with Crippen LogP contribution in [0.1, 0.15) is 11.1 Å². The van der Waals surface area contributed by atoms with Crippen molar-refractivity contribution in [2.75, 3.05) is 13.1 Å². The van der Waals surface area contributed by atoms with Gasteiger partial charge in [-0.05, 0) is 23.7 Å². The molecule has 1 aromatic carbocycles. The molecule has 1 aromatic heterocycles. The fourth-order valence-electron chi connectivity index (χ4n) is 2.87. The molecule has 0 aliphatic carbocycles. The summed E-state index contributed by atoms with van der Waals surface area (Å²) in [5.74, 6) is -4.10. The average molecular weight is 450 g/mol. The van der Waals surface area contributed by atoms with Gasteiger partial charge in [0.1, 0.15) is 7.85 Å². The van der Waals surface area contributed by atoms with Crippen molar-refractivity contribution >= 4 is 33.5 Å². The number of hydrogen-bond acceptors (Lipinski definition) is 3. The molecule has 3 rings (SSSR count). The normalized spacial score (nSPS) is 16.9. The number of hydrogen-bond donors (Lipinski definition) is 0. The summed E-state index contributed by atoms with van der Waals surface area (Å²) in [5, 5.41) is 3.86. The van der Waals surface area contributed by atoms with Crippen LogP contribution in [-0.4, -0.2) is 60.3 Å². The molecule has 2 aromatic rings. The molecule has 1 fully saturated rings. The number of alkyl halides is 8. The summed E-state index contributed by atoms with van der Waals surface area (Å²) >= 11 is 0. The SMILES string of the molecule is B/C(=C/n1nc(-c2cc(C(F)(F)F)cc(C(F)(F)F)c2)nc1B)C(=O)N1CC(F)(F)C1. The van der Waals surface area contributed by atoms with Gasteiger partial charge >= 0.3 is 12.4 Å². The largest absolute Gasteiger partial charge is 0.416 e. The first-order chi connectivity index (χ1) is 14.1. The molecule has 1 amide bonds. The van der Waals surface area contributed by atoms with Crippen molar-refractivity contribution in [3.05, 3.63) is 34.8 Å². The summed E-state index contributed by atoms with van der Waals surface area (Å²) in [4.78, 5) is 16.9. The van der Waals surface area contributed by atoms with Crippen molar-refractivity contribution in [1.82, 2.24) is 19.7 Å². The second-order valence-corrected chi connectivity index (χ2v) is 7.05. The van der Waals surface area contributed by atoms with Crippen LogP contribution in [0.5, 0.6) is 0 Å². The van der Waals surface area contributed by atoms with Gasteiger partial charge in [-0.2, -0.15) is 26.3 Å². The molecule has 1 saturated heterocycles. The number of benzene rings is 1. The third-order valence-corrected chi connectivity index (χ3v) is 4.43. The second-order valence-electron chi connectivity index (χ2n) is 7.05. The smallest absolute Gasteiger partial charge is 0.327 e. The highest BCUT2D eigenvalue weighted by Gasteiger charge is 2.46. The maximum Gasteiger partial charge on any atom is 0.416 e. The first-order valence-corrected chi connectivity index (χ1v) is 8.65. The Kier molecular flexibility index (Phi) is 5.43. The van der Waals surface area contributed by atoms with Crippen LogP contribution in [0.3, 0.4) is 0 Å². The Morgan fingerprint density at radius 1 is 1.03 bits per heavy atom. The molecule has 2 heterocycles. The molecule has 164 valence electrons. The minimum absolute atomic E-state index is 0.0150. The maximum atomic E-state index is 13.0. The molecule has 0 N–H and O–H groups in total. The van der Waals surface area contributed by atoms with E-state index in [-0.39, 0.29) is 17.3 Å². The van der Waals surface area contributed by atoms with Gasteiger partial charge in [0.2, 0.25) is 5.91 Å². The number of aromatic nitrogens is 3. The van der Waals surface area contributed by atoms with E-state index in [2.05, 4.69) is 10.1 Å². The first kappa shape index (κ1) is 22.8. The molecule has 0 atom stereocenters. The van der Waals surface area contributed by atoms with Gasteiger partial charge in [-0.3, -0.25) is 4.79 Å². The third-order valence-electron chi connectivity index (χ3n) is 4.43. The Morgan fingerprint density at radius 2 is 1.55 bits per heavy atom. The van der Waals surface area contributed by atoms with Gasteiger partial charge in [-0.15, -0.1) is 5.10 Å². The van der Waals surface area contributed by atoms with Gasteiger partial charge in [0, 0.05) is 11.8 Å². The van der Waals surface area contributed by atoms with Crippen LogP contribution in [0.25, 0.3) is 17.6 Å². The Hall–Kier alpha value is -2.86. The standard InChI is InChI=1S/C16H12B2F8N4O/c17-10(12(31)29-5-14(19,20)6-29)4-30-13(18)27-11(28-30)7-1-8(15(21,22)23)3-9(2-7)16(24,25)26/h1-4H,5-6,17-18H2/b10-4+. The van der Waals surface area contributed by atoms with E-state index in [0.29, 0.717) is 12.1 Å². The fourth-order valence-corrected chi connectivity index (χ4v) is 2.87. The van der Waals surface area contributed by atoms with E-state index >= 15 is 0 Å². The number of likely N-dealkylation sites (tertiary alicyclic amines) is 1. The van der Waals surface area contributed by atoms with Crippen molar-refractivity contribution in [2.45, 2.75) is 18.3 Å². The monoisotopic (exact) mass is 450 g/mol. The molecule has 0 saturated carbocycles. The van der Waals surface area contributed by atoms with Crippen molar-refractivity contribution in [2.24, 2.45) is 0 Å². The lowest BCUT2D eigenvalue weighted by Crippen LogP contribution is -2.58. The number of carbonyl (C=O) groups is 1. The fraction of sp³-hybridized carbons (Fsp3) is 0.312. The zero-order valence-corrected chi connectivity index (χ0v) is 15.9. The van der Waals surface area contributed by atoms with E-state index in [1.54, 1.807) is 0 Å². The van der Waals surface area contributed by atoms with E-state index in [1.807, 2.05) is 0 Å². The van der Waals surface area contributed by atoms with Crippen LogP contribution in [0.2, 0.25) is 0 Å². The predicted octanol–water partition coefficient (Wildman–Crippen LogP) is 1.15. The number of carbonyl (C=O) groups excluding carboxylic acids is 1. The van der Waals surface area contributed by atoms with E-state index < -0.39 is 59.8 Å². The highest BCUT2D eigenvalue weighted by molar-refractivity contribution is 6.38. The maximum absolute atomic E-state index is 13.0. The molecule has 15 heteroatoms. The van der Waals surface area contributed by atoms with Crippen molar-refractivity contribution in [3.63, 3.8) is 0 Å². The van der Waals surface area contributed by atoms with Crippen LogP contribution in [0.15, 0.2) is 23.7 Å². The van der Waals surface area contributed by atoms with Gasteiger partial charge < -0.3 is 4.90 Å². The number of amides is 1. The lowest BCUT2D eigenvalue weighted by Gasteiger charge is -2.38. The molecule has 0 spiro atoms. The van der Waals surface area contributed by atoms with Crippen LogP contribution in [-0.2, 0) is 17.1 Å². The predicted molar refractivity (Wildman–Crippen MR) is 98.0 cm³/mol. The topological polar surface area (TPSA) is 51.0 Å². The molecular formula is C16H12B2F8N4O. The van der Waals surface area contributed by atoms with E-state index in [0.717, 1.165) is 15.8 Å². The molecule has 0 bridgehead atoms. The first-order valence-electron chi connectivity index (χ1n) is 8.65. The van der Waals surface area contributed by atoms with Crippen molar-refractivity contribution in [1.29, 1.82) is 0 Å². The molecule has 0 radical (unpaired) electrons. The lowest BCUT2D eigenvalue weighted by molar-refractivity contribution is -0.161. The summed E-state index contributed by atoms with van der Waals surface area (Å²) in [6, 6.07) is 0.954. The minimum atomic E-state index is -5.03. The zero-order valence-electron chi connectivity index (χ0n) is 15.9. The second kappa shape index (κ2) is 7.38. The Balaban J connectivity index is 1.96. The van der Waals surface area contributed by atoms with Gasteiger partial charge in [0.25, 0.3) is 5.92 Å². The summed E-state index contributed by atoms with van der Waals surface area (Å²) in [7, 11) is 2.67. The van der Waals surface area contributed by atoms with Gasteiger partial charge in [-0.1, -0.05) is 0 Å². The average Bonchev–Trinajstić information content (AvgIpc) is 2.97. The van der Waals surface area contributed by atoms with E-state index in [1.165, 1.54) is 15.7 Å². The molecule has 0 unspecified atom stereocenters. The Morgan fingerprint density at radius 3 is 2.00 bits per heavy atom. The number of rotatable bonds is 3. The summed E-state index contributed by atoms with van der Waals surface area (Å²) in [6.45, 7) is -1.49. The van der Waals surface area contributed by atoms with Gasteiger partial charge in [0.15, 0.2) is 13.7 Å². The van der Waals surface area contributed by atoms with Crippen LogP contribution in [0.4, 0.5) is 35.1 Å². The Bertz CT molecular complexity index is 1020. The van der Waals surface area contributed by atoms with Crippen LogP contribution >= 0.6 is 0 Å². The van der Waals surface area contributed by atoms with E-state index in [9.17, 15) is 39.9 Å². The summed E-state index contributed by atoms with van der Waals surface area (Å²) in [6.07, 6.45) is -8.95. The van der Waals surface area contributed by atoms with Crippen molar-refractivity contribution < 1.29 is 39.9 Å². The van der Waals surface area contributed by atoms with Crippen LogP contribution in [0, 0.1) is 0 Å². The molecule has 31 heavy (non-hydrogen) atoms. The highest BCUT2D eigenvalue weighted by atomic mass is 19.4. The van der Waals surface area contributed by atoms with Gasteiger partial charge in [0.05, 0.1) is 29.9 Å². The minimum Gasteiger partial charge on any atom is -0.327 e. The van der Waals surface area contributed by atoms with Crippen LogP contribution < -0.4 is 5.72 Å². The molecule has 1 aliphatic rings. The molecule has 1 aliphatic heterocycles. The molecule has 5 nitrogen and oxygen atoms in total. The van der Waals surface area contributed by atoms with E-state index in [4.69, 9.17) is 0 Å². The van der Waals surface area contributed by atoms with Crippen molar-refractivity contribution in [3.8, 4) is 11.4 Å². The Labute approximate surface area is 171 Å². The van der Waals surface area contributed by atoms with Gasteiger partial charge in [-0.25, -0.2) is 18.4 Å².